The maximum atomic E-state index is 13.4. The second kappa shape index (κ2) is 4.84. The van der Waals surface area contributed by atoms with Crippen LogP contribution in [0.3, 0.4) is 0 Å². The van der Waals surface area contributed by atoms with Crippen LogP contribution in [0.5, 0.6) is 0 Å². The number of alkyl halides is 3. The van der Waals surface area contributed by atoms with Gasteiger partial charge in [0, 0.05) is 5.56 Å². The summed E-state index contributed by atoms with van der Waals surface area (Å²) in [6.45, 7) is 0. The van der Waals surface area contributed by atoms with Crippen LogP contribution in [0.2, 0.25) is 0 Å². The highest BCUT2D eigenvalue weighted by molar-refractivity contribution is 5.63. The Morgan fingerprint density at radius 2 is 1.67 bits per heavy atom. The van der Waals surface area contributed by atoms with Crippen LogP contribution in [0, 0.1) is 34.3 Å². The van der Waals surface area contributed by atoms with E-state index in [4.69, 9.17) is 10.5 Å². The summed E-state index contributed by atoms with van der Waals surface area (Å²) in [5, 5.41) is 16.8. The summed E-state index contributed by atoms with van der Waals surface area (Å²) in [5.41, 5.74) is -3.43. The highest BCUT2D eigenvalue weighted by Crippen LogP contribution is 2.33. The van der Waals surface area contributed by atoms with Gasteiger partial charge in [-0.05, 0) is 18.2 Å². The predicted octanol–water partition coefficient (Wildman–Crippen LogP) is 3.41. The molecule has 18 heavy (non-hydrogen) atoms. The standard InChI is InChI=1S/C11H3F5N2/c12-9-2-1-8(11(14,15)16)10(13)7(9)3-6(4-17)5-18/h1-3H. The maximum absolute atomic E-state index is 13.4. The highest BCUT2D eigenvalue weighted by Gasteiger charge is 2.35. The van der Waals surface area contributed by atoms with Gasteiger partial charge in [0.05, 0.1) is 5.56 Å². The molecule has 1 rings (SSSR count). The molecule has 0 aliphatic carbocycles. The minimum atomic E-state index is -4.99. The van der Waals surface area contributed by atoms with E-state index in [9.17, 15) is 22.0 Å². The van der Waals surface area contributed by atoms with Crippen molar-refractivity contribution in [1.29, 1.82) is 10.5 Å². The fourth-order valence-electron chi connectivity index (χ4n) is 1.15. The molecule has 0 aliphatic rings. The molecule has 0 amide bonds. The number of nitrogens with zero attached hydrogens (tertiary/aromatic N) is 2. The molecule has 0 fully saturated rings. The van der Waals surface area contributed by atoms with E-state index in [1.54, 1.807) is 0 Å². The molecule has 0 aromatic heterocycles. The lowest BCUT2D eigenvalue weighted by Gasteiger charge is -2.10. The van der Waals surface area contributed by atoms with Crippen LogP contribution in [-0.2, 0) is 6.18 Å². The smallest absolute Gasteiger partial charge is 0.206 e. The molecule has 0 N–H and O–H groups in total. The zero-order valence-electron chi connectivity index (χ0n) is 8.52. The van der Waals surface area contributed by atoms with Gasteiger partial charge in [0.1, 0.15) is 29.3 Å². The van der Waals surface area contributed by atoms with Crippen LogP contribution in [0.1, 0.15) is 11.1 Å². The Morgan fingerprint density at radius 1 is 1.11 bits per heavy atom. The zero-order valence-corrected chi connectivity index (χ0v) is 8.52. The molecular formula is C11H3F5N2. The number of halogens is 5. The predicted molar refractivity (Wildman–Crippen MR) is 50.6 cm³/mol. The summed E-state index contributed by atoms with van der Waals surface area (Å²) < 4.78 is 63.7. The van der Waals surface area contributed by atoms with Gasteiger partial charge in [-0.1, -0.05) is 0 Å². The van der Waals surface area contributed by atoms with Crippen molar-refractivity contribution in [3.63, 3.8) is 0 Å². The summed E-state index contributed by atoms with van der Waals surface area (Å²) in [4.78, 5) is 0. The lowest BCUT2D eigenvalue weighted by atomic mass is 10.1. The first-order chi connectivity index (χ1) is 8.31. The van der Waals surface area contributed by atoms with Gasteiger partial charge in [-0.15, -0.1) is 0 Å². The molecule has 0 radical (unpaired) electrons. The minimum absolute atomic E-state index is 0.250. The van der Waals surface area contributed by atoms with E-state index in [0.717, 1.165) is 0 Å². The molecule has 1 aromatic carbocycles. The second-order valence-electron chi connectivity index (χ2n) is 3.10. The number of hydrogen-bond acceptors (Lipinski definition) is 2. The van der Waals surface area contributed by atoms with E-state index in [0.29, 0.717) is 12.1 Å². The molecule has 0 atom stereocenters. The van der Waals surface area contributed by atoms with Gasteiger partial charge in [0.25, 0.3) is 0 Å². The van der Waals surface area contributed by atoms with Crippen molar-refractivity contribution in [3.8, 4) is 12.1 Å². The molecule has 0 saturated carbocycles. The first kappa shape index (κ1) is 13.7. The SMILES string of the molecule is N#CC(C#N)=Cc1c(F)ccc(C(F)(F)F)c1F. The summed E-state index contributed by atoms with van der Waals surface area (Å²) in [7, 11) is 0. The van der Waals surface area contributed by atoms with E-state index in [2.05, 4.69) is 0 Å². The molecule has 7 heteroatoms. The van der Waals surface area contributed by atoms with Crippen molar-refractivity contribution in [2.45, 2.75) is 6.18 Å². The Hall–Kier alpha value is -2.41. The molecule has 2 nitrogen and oxygen atoms in total. The third-order valence-corrected chi connectivity index (χ3v) is 1.96. The average molecular weight is 258 g/mol. The third kappa shape index (κ3) is 2.64. The largest absolute Gasteiger partial charge is 0.419 e. The van der Waals surface area contributed by atoms with E-state index < -0.39 is 34.5 Å². The van der Waals surface area contributed by atoms with Crippen molar-refractivity contribution in [2.75, 3.05) is 0 Å². The van der Waals surface area contributed by atoms with Crippen molar-refractivity contribution in [1.82, 2.24) is 0 Å². The zero-order chi connectivity index (χ0) is 13.9. The number of allylic oxidation sites excluding steroid dienone is 1. The first-order valence-electron chi connectivity index (χ1n) is 4.38. The van der Waals surface area contributed by atoms with Crippen molar-refractivity contribution < 1.29 is 22.0 Å². The van der Waals surface area contributed by atoms with E-state index in [1.165, 1.54) is 12.1 Å². The lowest BCUT2D eigenvalue weighted by molar-refractivity contribution is -0.140. The molecule has 1 aromatic rings. The quantitative estimate of drug-likeness (QED) is 0.572. The third-order valence-electron chi connectivity index (χ3n) is 1.96. The molecule has 0 spiro atoms. The average Bonchev–Trinajstić information content (AvgIpc) is 2.27. The van der Waals surface area contributed by atoms with Gasteiger partial charge in [-0.3, -0.25) is 0 Å². The summed E-state index contributed by atoms with van der Waals surface area (Å²) >= 11 is 0. The number of hydrogen-bond donors (Lipinski definition) is 0. The summed E-state index contributed by atoms with van der Waals surface area (Å²) in [6, 6.07) is 3.27. The summed E-state index contributed by atoms with van der Waals surface area (Å²) in [5.74, 6) is -3.14. The van der Waals surface area contributed by atoms with Crippen LogP contribution in [0.4, 0.5) is 22.0 Å². The van der Waals surface area contributed by atoms with Gasteiger partial charge in [0.15, 0.2) is 0 Å². The van der Waals surface area contributed by atoms with Crippen LogP contribution >= 0.6 is 0 Å². The molecule has 0 heterocycles. The van der Waals surface area contributed by atoms with Gasteiger partial charge < -0.3 is 0 Å². The maximum Gasteiger partial charge on any atom is 0.419 e. The van der Waals surface area contributed by atoms with Crippen molar-refractivity contribution >= 4 is 6.08 Å². The lowest BCUT2D eigenvalue weighted by Crippen LogP contribution is -2.10. The fourth-order valence-corrected chi connectivity index (χ4v) is 1.15. The van der Waals surface area contributed by atoms with E-state index >= 15 is 0 Å². The van der Waals surface area contributed by atoms with Crippen molar-refractivity contribution in [3.05, 3.63) is 40.5 Å². The van der Waals surface area contributed by atoms with Crippen LogP contribution in [0.25, 0.3) is 6.08 Å². The Morgan fingerprint density at radius 3 is 2.11 bits per heavy atom. The number of nitriles is 2. The highest BCUT2D eigenvalue weighted by atomic mass is 19.4. The Labute approximate surface area is 98.2 Å². The van der Waals surface area contributed by atoms with Gasteiger partial charge in [-0.2, -0.15) is 23.7 Å². The van der Waals surface area contributed by atoms with Crippen LogP contribution in [0.15, 0.2) is 17.7 Å². The normalized spacial score (nSPS) is 10.4. The number of benzene rings is 1. The van der Waals surface area contributed by atoms with Gasteiger partial charge in [0.2, 0.25) is 0 Å². The van der Waals surface area contributed by atoms with E-state index in [-0.39, 0.29) is 6.07 Å². The Balaban J connectivity index is 3.53. The fraction of sp³-hybridized carbons (Fsp3) is 0.0909. The van der Waals surface area contributed by atoms with Crippen molar-refractivity contribution in [2.24, 2.45) is 0 Å². The van der Waals surface area contributed by atoms with Gasteiger partial charge >= 0.3 is 6.18 Å². The molecule has 92 valence electrons. The molecule has 0 aliphatic heterocycles. The first-order valence-corrected chi connectivity index (χ1v) is 4.38. The molecule has 0 saturated heterocycles. The monoisotopic (exact) mass is 258 g/mol. The topological polar surface area (TPSA) is 47.6 Å². The van der Waals surface area contributed by atoms with Crippen LogP contribution in [-0.4, -0.2) is 0 Å². The van der Waals surface area contributed by atoms with E-state index in [1.807, 2.05) is 0 Å². The molecule has 0 unspecified atom stereocenters. The number of rotatable bonds is 1. The second-order valence-corrected chi connectivity index (χ2v) is 3.10. The Bertz CT molecular complexity index is 571. The van der Waals surface area contributed by atoms with Gasteiger partial charge in [-0.25, -0.2) is 8.78 Å². The molecule has 0 bridgehead atoms. The Kier molecular flexibility index (Phi) is 3.67. The summed E-state index contributed by atoms with van der Waals surface area (Å²) in [6.07, 6.45) is -4.56. The molecular weight excluding hydrogens is 255 g/mol. The minimum Gasteiger partial charge on any atom is -0.206 e. The van der Waals surface area contributed by atoms with Crippen LogP contribution < -0.4 is 0 Å².